The molecule has 1 fully saturated rings. The first-order chi connectivity index (χ1) is 15.0. The molecule has 32 heavy (non-hydrogen) atoms. The number of aryl methyl sites for hydroxylation is 1. The number of benzene rings is 1. The first-order valence-electron chi connectivity index (χ1n) is 10.3. The van der Waals surface area contributed by atoms with E-state index in [2.05, 4.69) is 10.3 Å². The van der Waals surface area contributed by atoms with Crippen LogP contribution in [-0.4, -0.2) is 34.4 Å². The highest BCUT2D eigenvalue weighted by Gasteiger charge is 2.48. The Kier molecular flexibility index (Phi) is 7.12. The van der Waals surface area contributed by atoms with E-state index >= 15 is 0 Å². The van der Waals surface area contributed by atoms with Gasteiger partial charge in [-0.1, -0.05) is 35.4 Å². The Bertz CT molecular complexity index is 947. The van der Waals surface area contributed by atoms with Gasteiger partial charge in [0.1, 0.15) is 0 Å². The van der Waals surface area contributed by atoms with Crippen LogP contribution in [-0.2, 0) is 15.1 Å². The van der Waals surface area contributed by atoms with Crippen LogP contribution in [0.5, 0.6) is 0 Å². The smallest absolute Gasteiger partial charge is 0.278 e. The zero-order chi connectivity index (χ0) is 23.5. The SMILES string of the molecule is Cc1ccc(N(C(=O)[C@H](F)Cl)C(C)(C(=O)NC2CCC(F)(F)CC2)c2cccnc2)cc1. The number of carbonyl (C=O) groups excluding carboxylic acids is 2. The number of hydrogen-bond donors (Lipinski definition) is 1. The summed E-state index contributed by atoms with van der Waals surface area (Å²) < 4.78 is 41.2. The third kappa shape index (κ3) is 5.06. The van der Waals surface area contributed by atoms with Gasteiger partial charge in [0.2, 0.25) is 5.92 Å². The fourth-order valence-electron chi connectivity index (χ4n) is 3.92. The van der Waals surface area contributed by atoms with Crippen molar-refractivity contribution in [2.75, 3.05) is 4.90 Å². The van der Waals surface area contributed by atoms with Crippen molar-refractivity contribution in [1.82, 2.24) is 10.3 Å². The molecule has 1 aromatic carbocycles. The van der Waals surface area contributed by atoms with E-state index in [-0.39, 0.29) is 31.4 Å². The fourth-order valence-corrected chi connectivity index (χ4v) is 4.02. The van der Waals surface area contributed by atoms with E-state index in [9.17, 15) is 22.8 Å². The first-order valence-corrected chi connectivity index (χ1v) is 10.8. The summed E-state index contributed by atoms with van der Waals surface area (Å²) in [4.78, 5) is 31.6. The molecule has 1 aromatic heterocycles. The lowest BCUT2D eigenvalue weighted by Crippen LogP contribution is -2.60. The number of amides is 2. The Hall–Kier alpha value is -2.61. The van der Waals surface area contributed by atoms with Crippen LogP contribution in [0.4, 0.5) is 18.9 Å². The summed E-state index contributed by atoms with van der Waals surface area (Å²) in [7, 11) is 0. The summed E-state index contributed by atoms with van der Waals surface area (Å²) in [5, 5.41) is 2.79. The second-order valence-electron chi connectivity index (χ2n) is 8.23. The number of alkyl halides is 4. The minimum Gasteiger partial charge on any atom is -0.351 e. The standard InChI is InChI=1S/C23H25ClF3N3O2/c1-15-5-7-18(8-6-15)30(20(31)19(24)25)22(2,16-4-3-13-28-14-16)21(32)29-17-9-11-23(26,27)12-10-17/h3-8,13-14,17,19H,9-12H2,1-2H3,(H,29,32)/t19-,22?/m0/s1. The molecule has 1 aliphatic carbocycles. The highest BCUT2D eigenvalue weighted by atomic mass is 35.5. The van der Waals surface area contributed by atoms with Crippen molar-refractivity contribution in [2.24, 2.45) is 0 Å². The largest absolute Gasteiger partial charge is 0.351 e. The van der Waals surface area contributed by atoms with E-state index in [1.165, 1.54) is 19.3 Å². The lowest BCUT2D eigenvalue weighted by molar-refractivity contribution is -0.132. The van der Waals surface area contributed by atoms with E-state index in [4.69, 9.17) is 11.6 Å². The van der Waals surface area contributed by atoms with Crippen LogP contribution in [0, 0.1) is 6.92 Å². The Labute approximate surface area is 190 Å². The average molecular weight is 468 g/mol. The number of anilines is 1. The fraction of sp³-hybridized carbons (Fsp3) is 0.435. The molecule has 1 saturated carbocycles. The van der Waals surface area contributed by atoms with Crippen LogP contribution in [0.15, 0.2) is 48.8 Å². The zero-order valence-electron chi connectivity index (χ0n) is 17.8. The topological polar surface area (TPSA) is 62.3 Å². The monoisotopic (exact) mass is 467 g/mol. The number of nitrogens with one attached hydrogen (secondary N) is 1. The molecule has 0 bridgehead atoms. The quantitative estimate of drug-likeness (QED) is 0.617. The number of rotatable bonds is 6. The van der Waals surface area contributed by atoms with Crippen molar-refractivity contribution >= 4 is 29.1 Å². The van der Waals surface area contributed by atoms with Gasteiger partial charge in [0.25, 0.3) is 17.4 Å². The molecule has 2 amide bonds. The van der Waals surface area contributed by atoms with Crippen LogP contribution in [0.1, 0.15) is 43.7 Å². The molecule has 3 rings (SSSR count). The summed E-state index contributed by atoms with van der Waals surface area (Å²) in [5.74, 6) is -4.50. The second kappa shape index (κ2) is 9.48. The van der Waals surface area contributed by atoms with Gasteiger partial charge in [-0.3, -0.25) is 19.5 Å². The normalized spacial score (nSPS) is 18.9. The van der Waals surface area contributed by atoms with E-state index in [1.807, 2.05) is 6.92 Å². The maximum Gasteiger partial charge on any atom is 0.278 e. The summed E-state index contributed by atoms with van der Waals surface area (Å²) in [6.07, 6.45) is 2.43. The molecular weight excluding hydrogens is 443 g/mol. The van der Waals surface area contributed by atoms with Gasteiger partial charge in [-0.05, 0) is 44.9 Å². The van der Waals surface area contributed by atoms with Crippen molar-refractivity contribution in [3.05, 3.63) is 59.9 Å². The van der Waals surface area contributed by atoms with Gasteiger partial charge in [0, 0.05) is 42.5 Å². The van der Waals surface area contributed by atoms with Gasteiger partial charge >= 0.3 is 0 Å². The molecule has 5 nitrogen and oxygen atoms in total. The van der Waals surface area contributed by atoms with Crippen LogP contribution >= 0.6 is 11.6 Å². The summed E-state index contributed by atoms with van der Waals surface area (Å²) in [6.45, 7) is 3.31. The first kappa shape index (κ1) is 24.0. The van der Waals surface area contributed by atoms with E-state index in [0.717, 1.165) is 10.5 Å². The molecule has 1 N–H and O–H groups in total. The molecule has 172 valence electrons. The number of halogens is 4. The van der Waals surface area contributed by atoms with E-state index < -0.39 is 34.9 Å². The molecule has 9 heteroatoms. The Morgan fingerprint density at radius 3 is 2.38 bits per heavy atom. The van der Waals surface area contributed by atoms with Gasteiger partial charge in [-0.15, -0.1) is 0 Å². The maximum absolute atomic E-state index is 14.1. The lowest BCUT2D eigenvalue weighted by atomic mass is 9.87. The van der Waals surface area contributed by atoms with Gasteiger partial charge in [0.05, 0.1) is 0 Å². The van der Waals surface area contributed by atoms with E-state index in [1.54, 1.807) is 36.4 Å². The third-order valence-corrected chi connectivity index (χ3v) is 6.05. The summed E-state index contributed by atoms with van der Waals surface area (Å²) in [5.41, 5.74) is -2.64. The van der Waals surface area contributed by atoms with Crippen LogP contribution < -0.4 is 10.2 Å². The van der Waals surface area contributed by atoms with Crippen molar-refractivity contribution in [1.29, 1.82) is 0 Å². The number of nitrogens with zero attached hydrogens (tertiary/aromatic N) is 2. The molecule has 1 unspecified atom stereocenters. The predicted molar refractivity (Wildman–Crippen MR) is 116 cm³/mol. The maximum atomic E-state index is 14.1. The highest BCUT2D eigenvalue weighted by Crippen LogP contribution is 2.37. The van der Waals surface area contributed by atoms with Gasteiger partial charge in [-0.25, -0.2) is 13.2 Å². The van der Waals surface area contributed by atoms with Crippen LogP contribution in [0.2, 0.25) is 0 Å². The molecule has 0 radical (unpaired) electrons. The summed E-state index contributed by atoms with van der Waals surface area (Å²) >= 11 is 5.54. The number of hydrogen-bond acceptors (Lipinski definition) is 3. The number of carbonyl (C=O) groups is 2. The minimum atomic E-state index is -2.75. The Morgan fingerprint density at radius 2 is 1.84 bits per heavy atom. The van der Waals surface area contributed by atoms with Crippen molar-refractivity contribution in [3.8, 4) is 0 Å². The minimum absolute atomic E-state index is 0.0988. The molecule has 2 atom stereocenters. The predicted octanol–water partition coefficient (Wildman–Crippen LogP) is 4.87. The molecule has 0 saturated heterocycles. The van der Waals surface area contributed by atoms with Crippen molar-refractivity contribution < 1.29 is 22.8 Å². The lowest BCUT2D eigenvalue weighted by Gasteiger charge is -2.41. The third-order valence-electron chi connectivity index (χ3n) is 5.86. The number of aromatic nitrogens is 1. The van der Waals surface area contributed by atoms with Gasteiger partial charge < -0.3 is 5.32 Å². The molecule has 0 aliphatic heterocycles. The second-order valence-corrected chi connectivity index (χ2v) is 8.61. The Morgan fingerprint density at radius 1 is 1.22 bits per heavy atom. The van der Waals surface area contributed by atoms with Gasteiger partial charge in [0.15, 0.2) is 5.54 Å². The number of pyridine rings is 1. The highest BCUT2D eigenvalue weighted by molar-refractivity contribution is 6.32. The molecule has 2 aromatic rings. The van der Waals surface area contributed by atoms with Crippen LogP contribution in [0.25, 0.3) is 0 Å². The van der Waals surface area contributed by atoms with Crippen molar-refractivity contribution in [2.45, 2.75) is 62.7 Å². The van der Waals surface area contributed by atoms with Gasteiger partial charge in [-0.2, -0.15) is 0 Å². The van der Waals surface area contributed by atoms with E-state index in [0.29, 0.717) is 5.56 Å². The zero-order valence-corrected chi connectivity index (χ0v) is 18.6. The Balaban J connectivity index is 2.05. The van der Waals surface area contributed by atoms with Crippen LogP contribution in [0.3, 0.4) is 0 Å². The average Bonchev–Trinajstić information content (AvgIpc) is 2.77. The van der Waals surface area contributed by atoms with Crippen molar-refractivity contribution in [3.63, 3.8) is 0 Å². The molecule has 1 heterocycles. The molecule has 1 aliphatic rings. The molecular formula is C23H25ClF3N3O2. The summed E-state index contributed by atoms with van der Waals surface area (Å²) in [6, 6.07) is 9.32. The molecule has 0 spiro atoms.